The van der Waals surface area contributed by atoms with Crippen LogP contribution in [0.15, 0.2) is 83.9 Å². The van der Waals surface area contributed by atoms with Crippen LogP contribution in [0.25, 0.3) is 44.5 Å². The number of nitrogens with zero attached hydrogens (tertiary/aromatic N) is 8. The third-order valence-electron chi connectivity index (χ3n) is 7.86. The summed E-state index contributed by atoms with van der Waals surface area (Å²) in [5.74, 6) is 0. The van der Waals surface area contributed by atoms with Crippen molar-refractivity contribution in [1.29, 1.82) is 42.1 Å². The van der Waals surface area contributed by atoms with Crippen molar-refractivity contribution in [3.63, 3.8) is 0 Å². The van der Waals surface area contributed by atoms with Gasteiger partial charge in [0.25, 0.3) is 0 Å². The molecule has 4 aromatic rings. The normalized spacial score (nSPS) is 11.6. The lowest BCUT2D eigenvalue weighted by molar-refractivity contribution is 1.44. The Balaban J connectivity index is 1.70. The molecule has 46 heavy (non-hydrogen) atoms. The number of allylic oxidation sites excluding steroid dienone is 6. The molecule has 4 aromatic carbocycles. The van der Waals surface area contributed by atoms with E-state index in [-0.39, 0.29) is 11.1 Å². The summed E-state index contributed by atoms with van der Waals surface area (Å²) < 4.78 is 0. The molecule has 0 spiro atoms. The minimum absolute atomic E-state index is 0.163. The Kier molecular flexibility index (Phi) is 6.74. The molecule has 0 aliphatic heterocycles. The zero-order valence-corrected chi connectivity index (χ0v) is 23.5. The first-order valence-corrected chi connectivity index (χ1v) is 13.5. The van der Waals surface area contributed by atoms with Gasteiger partial charge in [0.05, 0.1) is 46.5 Å². The number of benzene rings is 4. The van der Waals surface area contributed by atoms with Crippen LogP contribution in [0.3, 0.4) is 0 Å². The topological polar surface area (TPSA) is 190 Å². The number of nitriles is 8. The highest BCUT2D eigenvalue weighted by Gasteiger charge is 2.40. The second-order valence-electron chi connectivity index (χ2n) is 10.3. The molecule has 0 heterocycles. The smallest absolute Gasteiger partial charge is 0.138 e. The molecular weight excluding hydrogens is 568 g/mol. The molecule has 8 heteroatoms. The molecule has 2 aliphatic carbocycles. The van der Waals surface area contributed by atoms with Gasteiger partial charge in [-0.25, -0.2) is 0 Å². The highest BCUT2D eigenvalue weighted by atomic mass is 14.4. The average Bonchev–Trinajstić information content (AvgIpc) is 3.61. The van der Waals surface area contributed by atoms with Crippen LogP contribution in [0, 0.1) is 90.6 Å². The first kappa shape index (κ1) is 28.2. The molecule has 0 saturated heterocycles. The molecule has 0 aromatic heterocycles. The maximum absolute atomic E-state index is 10.1. The molecule has 0 saturated carbocycles. The maximum Gasteiger partial charge on any atom is 0.138 e. The molecule has 0 N–H and O–H groups in total. The first-order chi connectivity index (χ1) is 22.4. The van der Waals surface area contributed by atoms with Crippen molar-refractivity contribution in [2.75, 3.05) is 0 Å². The van der Waals surface area contributed by atoms with Crippen molar-refractivity contribution in [2.45, 2.75) is 0 Å². The predicted molar refractivity (Wildman–Crippen MR) is 166 cm³/mol. The van der Waals surface area contributed by atoms with Crippen LogP contribution >= 0.6 is 0 Å². The van der Waals surface area contributed by atoms with E-state index >= 15 is 0 Å². The molecular formula is C38H12N8. The molecule has 0 unspecified atom stereocenters. The molecule has 2 aliphatic rings. The molecule has 204 valence electrons. The van der Waals surface area contributed by atoms with Gasteiger partial charge in [0, 0.05) is 22.3 Å². The largest absolute Gasteiger partial charge is 0.192 e. The van der Waals surface area contributed by atoms with E-state index in [1.807, 2.05) is 24.3 Å². The van der Waals surface area contributed by atoms with E-state index < -0.39 is 0 Å². The summed E-state index contributed by atoms with van der Waals surface area (Å²) >= 11 is 0. The maximum atomic E-state index is 10.1. The Morgan fingerprint density at radius 3 is 0.957 bits per heavy atom. The van der Waals surface area contributed by atoms with E-state index in [0.29, 0.717) is 89.1 Å². The zero-order chi connectivity index (χ0) is 32.5. The van der Waals surface area contributed by atoms with Gasteiger partial charge < -0.3 is 0 Å². The SMILES string of the molecule is N#CC(C#N)=C1C2=C(C(=C(C#N)C#N)c3ccc(-c4cc(C#N)cc(C#N)c4)cc32)c2cc(-c3cc(C#N)cc(C#N)c3)ccc21. The molecule has 0 amide bonds. The van der Waals surface area contributed by atoms with Gasteiger partial charge in [-0.05, 0) is 93.0 Å². The number of rotatable bonds is 2. The van der Waals surface area contributed by atoms with Crippen LogP contribution in [0.4, 0.5) is 0 Å². The molecule has 0 bridgehead atoms. The van der Waals surface area contributed by atoms with E-state index in [0.717, 1.165) is 0 Å². The van der Waals surface area contributed by atoms with E-state index in [4.69, 9.17) is 0 Å². The van der Waals surface area contributed by atoms with Crippen LogP contribution < -0.4 is 0 Å². The molecule has 0 atom stereocenters. The summed E-state index contributed by atoms with van der Waals surface area (Å²) in [7, 11) is 0. The fraction of sp³-hybridized carbons (Fsp3) is 0. The summed E-state index contributed by atoms with van der Waals surface area (Å²) in [6.07, 6.45) is 0. The highest BCUT2D eigenvalue weighted by molar-refractivity contribution is 6.38. The number of fused-ring (bicyclic) bond motifs is 4. The third kappa shape index (κ3) is 4.24. The van der Waals surface area contributed by atoms with Gasteiger partial charge >= 0.3 is 0 Å². The summed E-state index contributed by atoms with van der Waals surface area (Å²) in [6.45, 7) is 0. The summed E-state index contributed by atoms with van der Waals surface area (Å²) in [4.78, 5) is 0. The van der Waals surface area contributed by atoms with Crippen molar-refractivity contribution < 1.29 is 0 Å². The Bertz CT molecular complexity index is 2280. The van der Waals surface area contributed by atoms with E-state index in [9.17, 15) is 42.1 Å². The highest BCUT2D eigenvalue weighted by Crippen LogP contribution is 2.59. The first-order valence-electron chi connectivity index (χ1n) is 13.5. The Morgan fingerprint density at radius 2 is 0.674 bits per heavy atom. The fourth-order valence-electron chi connectivity index (χ4n) is 5.99. The Hall–Kier alpha value is -7.98. The van der Waals surface area contributed by atoms with Gasteiger partial charge in [0.15, 0.2) is 0 Å². The fourth-order valence-corrected chi connectivity index (χ4v) is 5.99. The van der Waals surface area contributed by atoms with Crippen molar-refractivity contribution in [1.82, 2.24) is 0 Å². The van der Waals surface area contributed by atoms with Crippen LogP contribution in [-0.2, 0) is 0 Å². The number of hydrogen-bond donors (Lipinski definition) is 0. The molecule has 6 rings (SSSR count). The quantitative estimate of drug-likeness (QED) is 0.225. The lowest BCUT2D eigenvalue weighted by atomic mass is 9.87. The van der Waals surface area contributed by atoms with Gasteiger partial charge in [-0.3, -0.25) is 0 Å². The zero-order valence-electron chi connectivity index (χ0n) is 23.5. The van der Waals surface area contributed by atoms with E-state index in [2.05, 4.69) is 24.3 Å². The predicted octanol–water partition coefficient (Wildman–Crippen LogP) is 7.05. The van der Waals surface area contributed by atoms with Gasteiger partial charge in [-0.2, -0.15) is 42.1 Å². The Morgan fingerprint density at radius 1 is 0.348 bits per heavy atom. The minimum atomic E-state index is -0.163. The van der Waals surface area contributed by atoms with Gasteiger partial charge in [-0.1, -0.05) is 24.3 Å². The molecule has 0 radical (unpaired) electrons. The third-order valence-corrected chi connectivity index (χ3v) is 7.86. The molecule has 0 fully saturated rings. The summed E-state index contributed by atoms with van der Waals surface area (Å²) in [5, 5.41) is 78.4. The minimum Gasteiger partial charge on any atom is -0.192 e. The van der Waals surface area contributed by atoms with Crippen LogP contribution in [0.2, 0.25) is 0 Å². The summed E-state index contributed by atoms with van der Waals surface area (Å²) in [5.41, 5.74) is 7.24. The standard InChI is InChI=1S/C38H12N8/c39-13-21-5-22(14-40)8-27(7-21)25-1-3-31-33(11-25)37-36(30(19-45)20-46)32-4-2-26(28-9-23(15-41)6-24(10-28)16-42)12-34(32)38(37)35(31)29(17-43)18-44/h1-12H. The Labute approximate surface area is 263 Å². The second-order valence-corrected chi connectivity index (χ2v) is 10.3. The monoisotopic (exact) mass is 580 g/mol. The average molecular weight is 581 g/mol. The van der Waals surface area contributed by atoms with Crippen LogP contribution in [0.1, 0.15) is 44.5 Å². The lowest BCUT2D eigenvalue weighted by Crippen LogP contribution is -1.97. The van der Waals surface area contributed by atoms with Crippen molar-refractivity contribution in [3.8, 4) is 70.8 Å². The van der Waals surface area contributed by atoms with Crippen molar-refractivity contribution in [3.05, 3.63) is 128 Å². The van der Waals surface area contributed by atoms with Crippen LogP contribution in [-0.4, -0.2) is 0 Å². The molecule has 8 nitrogen and oxygen atoms in total. The van der Waals surface area contributed by atoms with Crippen molar-refractivity contribution in [2.24, 2.45) is 0 Å². The lowest BCUT2D eigenvalue weighted by Gasteiger charge is -2.15. The van der Waals surface area contributed by atoms with Gasteiger partial charge in [-0.15, -0.1) is 0 Å². The van der Waals surface area contributed by atoms with E-state index in [1.54, 1.807) is 60.7 Å². The van der Waals surface area contributed by atoms with Gasteiger partial charge in [0.2, 0.25) is 0 Å². The summed E-state index contributed by atoms with van der Waals surface area (Å²) in [6, 6.07) is 36.4. The van der Waals surface area contributed by atoms with E-state index in [1.165, 1.54) is 12.1 Å². The number of hydrogen-bond acceptors (Lipinski definition) is 8. The van der Waals surface area contributed by atoms with Crippen LogP contribution in [0.5, 0.6) is 0 Å². The van der Waals surface area contributed by atoms with Gasteiger partial charge in [0.1, 0.15) is 35.4 Å². The second kappa shape index (κ2) is 11.0. The van der Waals surface area contributed by atoms with Crippen molar-refractivity contribution >= 4 is 22.3 Å².